The summed E-state index contributed by atoms with van der Waals surface area (Å²) >= 11 is 0. The normalized spacial score (nSPS) is 16.3. The number of guanidine groups is 1. The molecule has 0 amide bonds. The molecular weight excluding hydrogens is 204 g/mol. The molecule has 3 N–H and O–H groups in total. The number of imidazole rings is 1. The average molecular weight is 222 g/mol. The molecule has 1 aliphatic rings. The number of nitrogens with one attached hydrogen (secondary N) is 1. The third-order valence-corrected chi connectivity index (χ3v) is 2.64. The van der Waals surface area contributed by atoms with Crippen molar-refractivity contribution in [1.29, 1.82) is 0 Å². The number of nitrogens with two attached hydrogens (primary N) is 1. The van der Waals surface area contributed by atoms with Gasteiger partial charge in [-0.05, 0) is 12.8 Å². The van der Waals surface area contributed by atoms with E-state index in [0.29, 0.717) is 12.6 Å². The predicted molar refractivity (Wildman–Crippen MR) is 62.5 cm³/mol. The SMILES string of the molecule is CN(Cc1nccn1C)C(=NC1CC1)NN. The van der Waals surface area contributed by atoms with Gasteiger partial charge in [-0.15, -0.1) is 0 Å². The van der Waals surface area contributed by atoms with Crippen molar-refractivity contribution in [2.75, 3.05) is 7.05 Å². The first kappa shape index (κ1) is 10.9. The molecule has 0 aromatic carbocycles. The Kier molecular flexibility index (Phi) is 3.09. The Morgan fingerprint density at radius 1 is 1.75 bits per heavy atom. The fraction of sp³-hybridized carbons (Fsp3) is 0.600. The zero-order chi connectivity index (χ0) is 11.5. The van der Waals surface area contributed by atoms with Crippen LogP contribution in [0.1, 0.15) is 18.7 Å². The van der Waals surface area contributed by atoms with Crippen molar-refractivity contribution < 1.29 is 0 Å². The van der Waals surface area contributed by atoms with E-state index in [0.717, 1.165) is 11.8 Å². The summed E-state index contributed by atoms with van der Waals surface area (Å²) in [6.07, 6.45) is 6.05. The van der Waals surface area contributed by atoms with Crippen LogP contribution in [0, 0.1) is 0 Å². The lowest BCUT2D eigenvalue weighted by atomic mass is 10.5. The number of aliphatic imine (C=N–C) groups is 1. The summed E-state index contributed by atoms with van der Waals surface area (Å²) in [6, 6.07) is 0.454. The van der Waals surface area contributed by atoms with E-state index >= 15 is 0 Å². The van der Waals surface area contributed by atoms with Crippen LogP contribution < -0.4 is 11.3 Å². The molecule has 0 aliphatic heterocycles. The molecule has 16 heavy (non-hydrogen) atoms. The zero-order valence-corrected chi connectivity index (χ0v) is 9.72. The fourth-order valence-electron chi connectivity index (χ4n) is 1.46. The first-order valence-corrected chi connectivity index (χ1v) is 5.42. The lowest BCUT2D eigenvalue weighted by molar-refractivity contribution is 0.453. The molecule has 0 saturated heterocycles. The number of aromatic nitrogens is 2. The van der Waals surface area contributed by atoms with Gasteiger partial charge in [-0.2, -0.15) is 0 Å². The van der Waals surface area contributed by atoms with E-state index in [4.69, 9.17) is 5.84 Å². The lowest BCUT2D eigenvalue weighted by Crippen LogP contribution is -2.43. The summed E-state index contributed by atoms with van der Waals surface area (Å²) in [5.41, 5.74) is 2.64. The standard InChI is InChI=1S/C10H18N6/c1-15-6-5-12-9(15)7-16(2)10(14-11)13-8-3-4-8/h5-6,8H,3-4,7,11H2,1-2H3,(H,13,14). The molecule has 1 heterocycles. The summed E-state index contributed by atoms with van der Waals surface area (Å²) < 4.78 is 1.99. The Hall–Kier alpha value is -1.56. The third-order valence-electron chi connectivity index (χ3n) is 2.64. The first-order valence-electron chi connectivity index (χ1n) is 5.42. The second-order valence-corrected chi connectivity index (χ2v) is 4.14. The minimum Gasteiger partial charge on any atom is -0.338 e. The molecule has 0 spiro atoms. The van der Waals surface area contributed by atoms with Crippen molar-refractivity contribution in [2.24, 2.45) is 17.9 Å². The van der Waals surface area contributed by atoms with Gasteiger partial charge in [-0.25, -0.2) is 15.8 Å². The van der Waals surface area contributed by atoms with Crippen molar-refractivity contribution in [1.82, 2.24) is 19.9 Å². The molecule has 0 atom stereocenters. The molecule has 1 fully saturated rings. The molecule has 6 nitrogen and oxygen atoms in total. The Morgan fingerprint density at radius 3 is 3.00 bits per heavy atom. The van der Waals surface area contributed by atoms with E-state index < -0.39 is 0 Å². The number of nitrogens with zero attached hydrogens (tertiary/aromatic N) is 4. The van der Waals surface area contributed by atoms with Crippen molar-refractivity contribution in [2.45, 2.75) is 25.4 Å². The summed E-state index contributed by atoms with van der Waals surface area (Å²) in [5.74, 6) is 7.18. The largest absolute Gasteiger partial charge is 0.338 e. The number of hydrogen-bond donors (Lipinski definition) is 2. The monoisotopic (exact) mass is 222 g/mol. The topological polar surface area (TPSA) is 71.5 Å². The van der Waals surface area contributed by atoms with Gasteiger partial charge < -0.3 is 9.47 Å². The van der Waals surface area contributed by atoms with Crippen LogP contribution in [0.25, 0.3) is 0 Å². The second-order valence-electron chi connectivity index (χ2n) is 4.14. The van der Waals surface area contributed by atoms with Crippen LogP contribution in [0.5, 0.6) is 0 Å². The average Bonchev–Trinajstić information content (AvgIpc) is 3.00. The highest BCUT2D eigenvalue weighted by Gasteiger charge is 2.22. The Morgan fingerprint density at radius 2 is 2.50 bits per heavy atom. The van der Waals surface area contributed by atoms with Gasteiger partial charge in [0, 0.05) is 26.5 Å². The van der Waals surface area contributed by atoms with E-state index in [9.17, 15) is 0 Å². The summed E-state index contributed by atoms with van der Waals surface area (Å²) in [7, 11) is 3.93. The summed E-state index contributed by atoms with van der Waals surface area (Å²) in [6.45, 7) is 0.694. The molecule has 0 radical (unpaired) electrons. The molecule has 1 saturated carbocycles. The van der Waals surface area contributed by atoms with Gasteiger partial charge in [0.05, 0.1) is 12.6 Å². The van der Waals surface area contributed by atoms with Crippen LogP contribution in [0.2, 0.25) is 0 Å². The molecule has 0 unspecified atom stereocenters. The van der Waals surface area contributed by atoms with E-state index in [1.165, 1.54) is 12.8 Å². The van der Waals surface area contributed by atoms with Crippen molar-refractivity contribution in [3.8, 4) is 0 Å². The molecule has 6 heteroatoms. The number of hydrazine groups is 1. The smallest absolute Gasteiger partial charge is 0.208 e. The quantitative estimate of drug-likeness (QED) is 0.322. The highest BCUT2D eigenvalue weighted by molar-refractivity contribution is 5.79. The van der Waals surface area contributed by atoms with Crippen LogP contribution in [0.4, 0.5) is 0 Å². The van der Waals surface area contributed by atoms with Crippen LogP contribution >= 0.6 is 0 Å². The van der Waals surface area contributed by atoms with Crippen LogP contribution in [-0.2, 0) is 13.6 Å². The van der Waals surface area contributed by atoms with Gasteiger partial charge in [0.2, 0.25) is 5.96 Å². The minimum absolute atomic E-state index is 0.454. The second kappa shape index (κ2) is 4.52. The van der Waals surface area contributed by atoms with Gasteiger partial charge in [-0.3, -0.25) is 5.43 Å². The van der Waals surface area contributed by atoms with Crippen LogP contribution in [0.15, 0.2) is 17.4 Å². The van der Waals surface area contributed by atoms with Gasteiger partial charge in [0.15, 0.2) is 0 Å². The van der Waals surface area contributed by atoms with Crippen molar-refractivity contribution in [3.63, 3.8) is 0 Å². The third kappa shape index (κ3) is 2.52. The lowest BCUT2D eigenvalue weighted by Gasteiger charge is -2.20. The van der Waals surface area contributed by atoms with Gasteiger partial charge in [-0.1, -0.05) is 0 Å². The summed E-state index contributed by atoms with van der Waals surface area (Å²) in [4.78, 5) is 10.7. The molecule has 1 aromatic rings. The Balaban J connectivity index is 2.00. The highest BCUT2D eigenvalue weighted by atomic mass is 15.4. The Labute approximate surface area is 95.1 Å². The van der Waals surface area contributed by atoms with Gasteiger partial charge in [0.1, 0.15) is 5.82 Å². The van der Waals surface area contributed by atoms with Gasteiger partial charge in [0.25, 0.3) is 0 Å². The molecule has 2 rings (SSSR count). The summed E-state index contributed by atoms with van der Waals surface area (Å²) in [5, 5.41) is 0. The van der Waals surface area contributed by atoms with Gasteiger partial charge >= 0.3 is 0 Å². The van der Waals surface area contributed by atoms with E-state index in [1.807, 2.05) is 29.8 Å². The molecule has 1 aliphatic carbocycles. The van der Waals surface area contributed by atoms with Crippen LogP contribution in [-0.4, -0.2) is 33.5 Å². The maximum Gasteiger partial charge on any atom is 0.208 e. The minimum atomic E-state index is 0.454. The maximum absolute atomic E-state index is 5.47. The number of rotatable bonds is 3. The van der Waals surface area contributed by atoms with Crippen LogP contribution in [0.3, 0.4) is 0 Å². The van der Waals surface area contributed by atoms with Crippen molar-refractivity contribution >= 4 is 5.96 Å². The molecule has 1 aromatic heterocycles. The van der Waals surface area contributed by atoms with E-state index in [-0.39, 0.29) is 0 Å². The van der Waals surface area contributed by atoms with Crippen molar-refractivity contribution in [3.05, 3.63) is 18.2 Å². The number of hydrogen-bond acceptors (Lipinski definition) is 3. The first-order chi connectivity index (χ1) is 7.70. The van der Waals surface area contributed by atoms with E-state index in [2.05, 4.69) is 15.4 Å². The number of aryl methyl sites for hydroxylation is 1. The molecule has 0 bridgehead atoms. The highest BCUT2D eigenvalue weighted by Crippen LogP contribution is 2.23. The predicted octanol–water partition coefficient (Wildman–Crippen LogP) is -0.166. The molecular formula is C10H18N6. The Bertz CT molecular complexity index is 378. The molecule has 88 valence electrons. The zero-order valence-electron chi connectivity index (χ0n) is 9.72. The fourth-order valence-corrected chi connectivity index (χ4v) is 1.46. The maximum atomic E-state index is 5.47. The van der Waals surface area contributed by atoms with E-state index in [1.54, 1.807) is 6.20 Å².